The summed E-state index contributed by atoms with van der Waals surface area (Å²) in [7, 11) is 0. The Hall–Kier alpha value is -2.21. The number of carbonyl (C=O) groups is 1. The zero-order chi connectivity index (χ0) is 17.1. The molecule has 2 aromatic rings. The van der Waals surface area contributed by atoms with E-state index in [-0.39, 0.29) is 36.2 Å². The van der Waals surface area contributed by atoms with Crippen molar-refractivity contribution in [1.29, 1.82) is 0 Å². The van der Waals surface area contributed by atoms with Crippen LogP contribution in [0.1, 0.15) is 25.8 Å². The molecule has 2 atom stereocenters. The maximum atomic E-state index is 14.1. The van der Waals surface area contributed by atoms with Crippen molar-refractivity contribution in [2.75, 3.05) is 11.5 Å². The zero-order valence-electron chi connectivity index (χ0n) is 13.9. The van der Waals surface area contributed by atoms with Crippen LogP contribution in [0.25, 0.3) is 0 Å². The fourth-order valence-corrected chi connectivity index (χ4v) is 3.22. The second-order valence-electron chi connectivity index (χ2n) is 6.45. The minimum atomic E-state index is -0.318. The van der Waals surface area contributed by atoms with Crippen molar-refractivity contribution in [1.82, 2.24) is 10.2 Å². The smallest absolute Gasteiger partial charge is 0.233 e. The van der Waals surface area contributed by atoms with Gasteiger partial charge in [0.15, 0.2) is 0 Å². The molecular weight excluding hydrogens is 309 g/mol. The standard InChI is InChI=1S/C18H22FN3O2/c1-12(2)17-15(7-8-24-17)18(23)22(14-9-20-21-10-14)11-13-5-3-4-6-16(13)19/h3-6,9-10,12,15,17H,7-8,11H2,1-2H3,(H,20,21)/t15-,17-/m0/s1. The van der Waals surface area contributed by atoms with Gasteiger partial charge in [-0.3, -0.25) is 9.89 Å². The van der Waals surface area contributed by atoms with Crippen LogP contribution >= 0.6 is 0 Å². The highest BCUT2D eigenvalue weighted by atomic mass is 19.1. The Bertz CT molecular complexity index is 687. The van der Waals surface area contributed by atoms with E-state index in [1.54, 1.807) is 35.5 Å². The average molecular weight is 331 g/mol. The Morgan fingerprint density at radius 1 is 1.46 bits per heavy atom. The van der Waals surface area contributed by atoms with Gasteiger partial charge in [0.1, 0.15) is 5.82 Å². The average Bonchev–Trinajstić information content (AvgIpc) is 3.24. The normalized spacial score (nSPS) is 20.5. The summed E-state index contributed by atoms with van der Waals surface area (Å²) in [5.74, 6) is -0.328. The number of amides is 1. The van der Waals surface area contributed by atoms with Gasteiger partial charge in [-0.05, 0) is 18.4 Å². The number of hydrogen-bond acceptors (Lipinski definition) is 3. The van der Waals surface area contributed by atoms with Gasteiger partial charge in [0, 0.05) is 18.4 Å². The number of nitrogens with one attached hydrogen (secondary N) is 1. The molecule has 1 amide bonds. The quantitative estimate of drug-likeness (QED) is 0.916. The number of hydrogen-bond donors (Lipinski definition) is 1. The topological polar surface area (TPSA) is 58.2 Å². The molecule has 0 radical (unpaired) electrons. The molecule has 3 rings (SSSR count). The van der Waals surface area contributed by atoms with E-state index in [9.17, 15) is 9.18 Å². The zero-order valence-corrected chi connectivity index (χ0v) is 13.9. The van der Waals surface area contributed by atoms with Crippen LogP contribution in [-0.2, 0) is 16.1 Å². The highest BCUT2D eigenvalue weighted by Gasteiger charge is 2.39. The number of anilines is 1. The van der Waals surface area contributed by atoms with Gasteiger partial charge < -0.3 is 9.64 Å². The van der Waals surface area contributed by atoms with Crippen LogP contribution < -0.4 is 4.90 Å². The molecule has 1 aromatic carbocycles. The fraction of sp³-hybridized carbons (Fsp3) is 0.444. The van der Waals surface area contributed by atoms with E-state index in [2.05, 4.69) is 24.0 Å². The molecule has 1 aliphatic rings. The number of ether oxygens (including phenoxy) is 1. The van der Waals surface area contributed by atoms with Crippen LogP contribution in [0.2, 0.25) is 0 Å². The monoisotopic (exact) mass is 331 g/mol. The highest BCUT2D eigenvalue weighted by Crippen LogP contribution is 2.30. The van der Waals surface area contributed by atoms with Crippen molar-refractivity contribution in [2.24, 2.45) is 11.8 Å². The van der Waals surface area contributed by atoms with Gasteiger partial charge in [0.25, 0.3) is 0 Å². The van der Waals surface area contributed by atoms with Crippen molar-refractivity contribution in [3.05, 3.63) is 48.0 Å². The summed E-state index contributed by atoms with van der Waals surface area (Å²) in [6.45, 7) is 4.86. The summed E-state index contributed by atoms with van der Waals surface area (Å²) < 4.78 is 19.8. The van der Waals surface area contributed by atoms with Gasteiger partial charge in [-0.25, -0.2) is 4.39 Å². The Kier molecular flexibility index (Phi) is 4.94. The number of halogens is 1. The Morgan fingerprint density at radius 3 is 2.92 bits per heavy atom. The van der Waals surface area contributed by atoms with Crippen molar-refractivity contribution < 1.29 is 13.9 Å². The second-order valence-corrected chi connectivity index (χ2v) is 6.45. The molecule has 0 bridgehead atoms. The number of benzene rings is 1. The van der Waals surface area contributed by atoms with Crippen LogP contribution in [0.3, 0.4) is 0 Å². The SMILES string of the molecule is CC(C)[C@@H]1OCC[C@@H]1C(=O)N(Cc1ccccc1F)c1cn[nH]c1. The van der Waals surface area contributed by atoms with Crippen molar-refractivity contribution in [3.8, 4) is 0 Å². The van der Waals surface area contributed by atoms with E-state index in [0.717, 1.165) is 0 Å². The summed E-state index contributed by atoms with van der Waals surface area (Å²) in [4.78, 5) is 14.8. The molecule has 128 valence electrons. The number of carbonyl (C=O) groups excluding carboxylic acids is 1. The molecular formula is C18H22FN3O2. The first-order valence-corrected chi connectivity index (χ1v) is 8.23. The molecule has 24 heavy (non-hydrogen) atoms. The summed E-state index contributed by atoms with van der Waals surface area (Å²) >= 11 is 0. The van der Waals surface area contributed by atoms with E-state index < -0.39 is 0 Å². The molecule has 0 aliphatic carbocycles. The lowest BCUT2D eigenvalue weighted by molar-refractivity contribution is -0.125. The highest BCUT2D eigenvalue weighted by molar-refractivity contribution is 5.95. The molecule has 1 N–H and O–H groups in total. The maximum absolute atomic E-state index is 14.1. The van der Waals surface area contributed by atoms with E-state index in [4.69, 9.17) is 4.74 Å². The van der Waals surface area contributed by atoms with Crippen LogP contribution in [-0.4, -0.2) is 28.8 Å². The number of rotatable bonds is 5. The van der Waals surface area contributed by atoms with Gasteiger partial charge in [-0.15, -0.1) is 0 Å². The molecule has 1 aliphatic heterocycles. The van der Waals surface area contributed by atoms with Gasteiger partial charge in [-0.2, -0.15) is 5.10 Å². The number of H-pyrrole nitrogens is 1. The predicted molar refractivity (Wildman–Crippen MR) is 88.9 cm³/mol. The minimum Gasteiger partial charge on any atom is -0.377 e. The van der Waals surface area contributed by atoms with E-state index in [1.807, 2.05) is 0 Å². The molecule has 2 heterocycles. The summed E-state index contributed by atoms with van der Waals surface area (Å²) in [6.07, 6.45) is 3.82. The van der Waals surface area contributed by atoms with Crippen molar-refractivity contribution in [2.45, 2.75) is 32.9 Å². The van der Waals surface area contributed by atoms with Crippen LogP contribution in [0.4, 0.5) is 10.1 Å². The largest absolute Gasteiger partial charge is 0.377 e. The second kappa shape index (κ2) is 7.13. The predicted octanol–water partition coefficient (Wildman–Crippen LogP) is 3.14. The molecule has 5 nitrogen and oxygen atoms in total. The molecule has 0 spiro atoms. The van der Waals surface area contributed by atoms with E-state index in [1.165, 1.54) is 6.07 Å². The third-order valence-corrected chi connectivity index (χ3v) is 4.46. The number of nitrogens with zero attached hydrogens (tertiary/aromatic N) is 2. The Labute approximate surface area is 140 Å². The van der Waals surface area contributed by atoms with Crippen LogP contribution in [0.5, 0.6) is 0 Å². The van der Waals surface area contributed by atoms with Gasteiger partial charge in [0.2, 0.25) is 5.91 Å². The number of aromatic nitrogens is 2. The van der Waals surface area contributed by atoms with Crippen LogP contribution in [0.15, 0.2) is 36.7 Å². The fourth-order valence-electron chi connectivity index (χ4n) is 3.22. The van der Waals surface area contributed by atoms with E-state index >= 15 is 0 Å². The lowest BCUT2D eigenvalue weighted by Gasteiger charge is -2.28. The maximum Gasteiger partial charge on any atom is 0.233 e. The summed E-state index contributed by atoms with van der Waals surface area (Å²) in [5.41, 5.74) is 1.12. The third-order valence-electron chi connectivity index (χ3n) is 4.46. The van der Waals surface area contributed by atoms with Gasteiger partial charge >= 0.3 is 0 Å². The lowest BCUT2D eigenvalue weighted by atomic mass is 9.91. The molecule has 0 unspecified atom stereocenters. The minimum absolute atomic E-state index is 0.0455. The first-order chi connectivity index (χ1) is 11.6. The molecule has 0 saturated carbocycles. The molecule has 1 saturated heterocycles. The summed E-state index contributed by atoms with van der Waals surface area (Å²) in [5, 5.41) is 6.65. The van der Waals surface area contributed by atoms with Gasteiger partial charge in [0.05, 0.1) is 30.5 Å². The number of aromatic amines is 1. The Balaban J connectivity index is 1.88. The third kappa shape index (κ3) is 3.33. The summed E-state index contributed by atoms with van der Waals surface area (Å²) in [6, 6.07) is 6.51. The molecule has 1 fully saturated rings. The van der Waals surface area contributed by atoms with E-state index in [0.29, 0.717) is 24.3 Å². The first-order valence-electron chi connectivity index (χ1n) is 8.23. The van der Waals surface area contributed by atoms with Crippen molar-refractivity contribution in [3.63, 3.8) is 0 Å². The molecule has 1 aromatic heterocycles. The van der Waals surface area contributed by atoms with Gasteiger partial charge in [-0.1, -0.05) is 32.0 Å². The van der Waals surface area contributed by atoms with Crippen molar-refractivity contribution >= 4 is 11.6 Å². The van der Waals surface area contributed by atoms with Crippen LogP contribution in [0, 0.1) is 17.7 Å². The molecule has 6 heteroatoms. The lowest BCUT2D eigenvalue weighted by Crippen LogP contribution is -2.40. The Morgan fingerprint density at radius 2 is 2.25 bits per heavy atom. The first kappa shape index (κ1) is 16.6.